The van der Waals surface area contributed by atoms with Crippen molar-refractivity contribution in [2.24, 2.45) is 0 Å². The molecule has 0 amide bonds. The smallest absolute Gasteiger partial charge is 0.0674 e. The zero-order valence-electron chi connectivity index (χ0n) is 12.0. The molecule has 21 heavy (non-hydrogen) atoms. The normalized spacial score (nSPS) is 12.7. The lowest BCUT2D eigenvalue weighted by molar-refractivity contribution is 0.200. The Labute approximate surface area is 133 Å². The van der Waals surface area contributed by atoms with Gasteiger partial charge in [0, 0.05) is 21.8 Å². The standard InChI is InChI=1S/C18H18OS2/c1-13-5-4-6-16(9-13)20-12-15(19)10-14-11-21-18-8-3-2-7-17(14)18/h2-9,11,15,19H,10,12H2,1H3. The number of benzene rings is 2. The van der Waals surface area contributed by atoms with Crippen LogP contribution in [0.1, 0.15) is 11.1 Å². The van der Waals surface area contributed by atoms with Gasteiger partial charge in [0.05, 0.1) is 6.10 Å². The number of aryl methyl sites for hydroxylation is 1. The molecule has 0 aliphatic rings. The van der Waals surface area contributed by atoms with Gasteiger partial charge in [-0.3, -0.25) is 0 Å². The van der Waals surface area contributed by atoms with Gasteiger partial charge in [0.2, 0.25) is 0 Å². The lowest BCUT2D eigenvalue weighted by atomic mass is 10.1. The number of aliphatic hydroxyl groups is 1. The van der Waals surface area contributed by atoms with Crippen LogP contribution >= 0.6 is 23.1 Å². The first kappa shape index (κ1) is 14.6. The SMILES string of the molecule is Cc1cccc(SCC(O)Cc2csc3ccccc23)c1. The van der Waals surface area contributed by atoms with E-state index in [9.17, 15) is 5.11 Å². The predicted octanol–water partition coefficient (Wildman–Crippen LogP) is 4.91. The number of thioether (sulfide) groups is 1. The molecule has 0 saturated heterocycles. The molecule has 1 aromatic heterocycles. The summed E-state index contributed by atoms with van der Waals surface area (Å²) in [7, 11) is 0. The van der Waals surface area contributed by atoms with Crippen LogP contribution in [0.4, 0.5) is 0 Å². The van der Waals surface area contributed by atoms with Gasteiger partial charge in [0.1, 0.15) is 0 Å². The van der Waals surface area contributed by atoms with Crippen molar-refractivity contribution in [3.05, 3.63) is 65.0 Å². The molecule has 108 valence electrons. The van der Waals surface area contributed by atoms with Crippen molar-refractivity contribution in [3.8, 4) is 0 Å². The quantitative estimate of drug-likeness (QED) is 0.676. The summed E-state index contributed by atoms with van der Waals surface area (Å²) in [5, 5.41) is 13.7. The summed E-state index contributed by atoms with van der Waals surface area (Å²) >= 11 is 3.48. The van der Waals surface area contributed by atoms with Crippen molar-refractivity contribution in [1.29, 1.82) is 0 Å². The lowest BCUT2D eigenvalue weighted by Gasteiger charge is -2.10. The maximum atomic E-state index is 10.3. The summed E-state index contributed by atoms with van der Waals surface area (Å²) in [5.74, 6) is 0.730. The van der Waals surface area contributed by atoms with E-state index in [1.165, 1.54) is 26.1 Å². The summed E-state index contributed by atoms with van der Waals surface area (Å²) in [6, 6.07) is 16.8. The van der Waals surface area contributed by atoms with Crippen molar-refractivity contribution in [2.45, 2.75) is 24.3 Å². The molecule has 1 N–H and O–H groups in total. The minimum Gasteiger partial charge on any atom is -0.392 e. The summed E-state index contributed by atoms with van der Waals surface area (Å²) in [6.07, 6.45) is 0.413. The van der Waals surface area contributed by atoms with Crippen molar-refractivity contribution in [1.82, 2.24) is 0 Å². The Hall–Kier alpha value is -1.29. The Balaban J connectivity index is 1.62. The number of fused-ring (bicyclic) bond motifs is 1. The van der Waals surface area contributed by atoms with Crippen molar-refractivity contribution in [3.63, 3.8) is 0 Å². The second-order valence-corrected chi connectivity index (χ2v) is 7.25. The van der Waals surface area contributed by atoms with Gasteiger partial charge in [0.15, 0.2) is 0 Å². The van der Waals surface area contributed by atoms with Gasteiger partial charge in [0.25, 0.3) is 0 Å². The van der Waals surface area contributed by atoms with E-state index in [-0.39, 0.29) is 6.10 Å². The van der Waals surface area contributed by atoms with Crippen LogP contribution in [0.2, 0.25) is 0 Å². The molecule has 0 aliphatic carbocycles. The summed E-state index contributed by atoms with van der Waals surface area (Å²) in [4.78, 5) is 1.23. The fraction of sp³-hybridized carbons (Fsp3) is 0.222. The van der Waals surface area contributed by atoms with E-state index >= 15 is 0 Å². The molecule has 0 aliphatic heterocycles. The molecule has 1 heterocycles. The highest BCUT2D eigenvalue weighted by atomic mass is 32.2. The van der Waals surface area contributed by atoms with Crippen LogP contribution in [-0.4, -0.2) is 17.0 Å². The van der Waals surface area contributed by atoms with Crippen LogP contribution in [0.15, 0.2) is 58.8 Å². The zero-order valence-corrected chi connectivity index (χ0v) is 13.6. The Morgan fingerprint density at radius 2 is 2.00 bits per heavy atom. The second kappa shape index (κ2) is 6.65. The third-order valence-corrected chi connectivity index (χ3v) is 5.60. The zero-order chi connectivity index (χ0) is 14.7. The molecule has 3 rings (SSSR count). The van der Waals surface area contributed by atoms with Crippen molar-refractivity contribution < 1.29 is 5.11 Å². The van der Waals surface area contributed by atoms with E-state index in [2.05, 4.69) is 60.8 Å². The highest BCUT2D eigenvalue weighted by Crippen LogP contribution is 2.27. The molecule has 0 saturated carbocycles. The summed E-state index contributed by atoms with van der Waals surface area (Å²) in [5.41, 5.74) is 2.52. The number of thiophene rings is 1. The second-order valence-electron chi connectivity index (χ2n) is 5.24. The van der Waals surface area contributed by atoms with Gasteiger partial charge in [-0.25, -0.2) is 0 Å². The van der Waals surface area contributed by atoms with Crippen LogP contribution in [-0.2, 0) is 6.42 Å². The Morgan fingerprint density at radius 1 is 1.14 bits per heavy atom. The summed E-state index contributed by atoms with van der Waals surface area (Å²) < 4.78 is 1.30. The number of aliphatic hydroxyl groups excluding tert-OH is 1. The van der Waals surface area contributed by atoms with E-state index in [4.69, 9.17) is 0 Å². The molecule has 3 heteroatoms. The molecule has 3 aromatic rings. The molecular formula is C18H18OS2. The first-order chi connectivity index (χ1) is 10.2. The largest absolute Gasteiger partial charge is 0.392 e. The van der Waals surface area contributed by atoms with Crippen LogP contribution in [0.25, 0.3) is 10.1 Å². The predicted molar refractivity (Wildman–Crippen MR) is 93.4 cm³/mol. The topological polar surface area (TPSA) is 20.2 Å². The van der Waals surface area contributed by atoms with Gasteiger partial charge < -0.3 is 5.11 Å². The van der Waals surface area contributed by atoms with Crippen LogP contribution < -0.4 is 0 Å². The highest BCUT2D eigenvalue weighted by Gasteiger charge is 2.10. The Kier molecular flexibility index (Phi) is 4.63. The maximum Gasteiger partial charge on any atom is 0.0674 e. The van der Waals surface area contributed by atoms with Gasteiger partial charge in [-0.2, -0.15) is 0 Å². The van der Waals surface area contributed by atoms with Crippen LogP contribution in [0.5, 0.6) is 0 Å². The minimum absolute atomic E-state index is 0.312. The van der Waals surface area contributed by atoms with Crippen molar-refractivity contribution in [2.75, 3.05) is 5.75 Å². The van der Waals surface area contributed by atoms with E-state index in [0.29, 0.717) is 0 Å². The maximum absolute atomic E-state index is 10.3. The third-order valence-electron chi connectivity index (χ3n) is 3.45. The fourth-order valence-electron chi connectivity index (χ4n) is 2.40. The molecule has 0 spiro atoms. The van der Waals surface area contributed by atoms with E-state index < -0.39 is 0 Å². The lowest BCUT2D eigenvalue weighted by Crippen LogP contribution is -2.13. The first-order valence-electron chi connectivity index (χ1n) is 7.05. The number of rotatable bonds is 5. The highest BCUT2D eigenvalue weighted by molar-refractivity contribution is 7.99. The monoisotopic (exact) mass is 314 g/mol. The molecule has 2 aromatic carbocycles. The Bertz CT molecular complexity index is 733. The molecule has 0 fully saturated rings. The first-order valence-corrected chi connectivity index (χ1v) is 8.91. The van der Waals surface area contributed by atoms with Crippen LogP contribution in [0.3, 0.4) is 0 Å². The average molecular weight is 314 g/mol. The van der Waals surface area contributed by atoms with E-state index in [1.54, 1.807) is 23.1 Å². The molecule has 1 atom stereocenters. The van der Waals surface area contributed by atoms with Crippen molar-refractivity contribution >= 4 is 33.2 Å². The minimum atomic E-state index is -0.312. The molecular weight excluding hydrogens is 296 g/mol. The fourth-order valence-corrected chi connectivity index (χ4v) is 4.32. The van der Waals surface area contributed by atoms with Gasteiger partial charge in [-0.15, -0.1) is 23.1 Å². The third kappa shape index (κ3) is 3.67. The van der Waals surface area contributed by atoms with Gasteiger partial charge in [-0.05, 0) is 41.5 Å². The number of hydrogen-bond acceptors (Lipinski definition) is 3. The average Bonchev–Trinajstić information content (AvgIpc) is 2.89. The molecule has 1 nitrogen and oxygen atoms in total. The van der Waals surface area contributed by atoms with E-state index in [0.717, 1.165) is 12.2 Å². The van der Waals surface area contributed by atoms with E-state index in [1.807, 2.05) is 0 Å². The molecule has 1 unspecified atom stereocenters. The molecule has 0 radical (unpaired) electrons. The van der Waals surface area contributed by atoms with Gasteiger partial charge in [-0.1, -0.05) is 35.9 Å². The summed E-state index contributed by atoms with van der Waals surface area (Å²) in [6.45, 7) is 2.10. The Morgan fingerprint density at radius 3 is 2.86 bits per heavy atom. The van der Waals surface area contributed by atoms with Crippen LogP contribution in [0, 0.1) is 6.92 Å². The molecule has 0 bridgehead atoms. The number of hydrogen-bond donors (Lipinski definition) is 1. The van der Waals surface area contributed by atoms with Gasteiger partial charge >= 0.3 is 0 Å².